The van der Waals surface area contributed by atoms with Gasteiger partial charge in [0.15, 0.2) is 0 Å². The average Bonchev–Trinajstić information content (AvgIpc) is 2.70. The van der Waals surface area contributed by atoms with Crippen molar-refractivity contribution in [3.05, 3.63) is 35.3 Å². The number of hydrogen-bond donors (Lipinski definition) is 0. The lowest BCUT2D eigenvalue weighted by atomic mass is 10.1. The van der Waals surface area contributed by atoms with E-state index in [2.05, 4.69) is 22.5 Å². The molecule has 0 spiro atoms. The van der Waals surface area contributed by atoms with Gasteiger partial charge in [0.2, 0.25) is 5.91 Å². The summed E-state index contributed by atoms with van der Waals surface area (Å²) in [6.45, 7) is 4.42. The van der Waals surface area contributed by atoms with Crippen LogP contribution in [0.1, 0.15) is 6.42 Å². The number of ether oxygens (including phenoxy) is 1. The van der Waals surface area contributed by atoms with Gasteiger partial charge in [-0.2, -0.15) is 0 Å². The van der Waals surface area contributed by atoms with Gasteiger partial charge in [-0.15, -0.1) is 6.58 Å². The summed E-state index contributed by atoms with van der Waals surface area (Å²) in [7, 11) is 1.61. The van der Waals surface area contributed by atoms with E-state index >= 15 is 0 Å². The summed E-state index contributed by atoms with van der Waals surface area (Å²) in [4.78, 5) is 13.7. The van der Waals surface area contributed by atoms with E-state index in [1.165, 1.54) is 0 Å². The molecule has 1 aliphatic heterocycles. The van der Waals surface area contributed by atoms with E-state index in [0.29, 0.717) is 18.7 Å². The van der Waals surface area contributed by atoms with Crippen LogP contribution in [0.15, 0.2) is 35.3 Å². The Bertz CT molecular complexity index is 459. The second-order valence-corrected chi connectivity index (χ2v) is 4.94. The highest BCUT2D eigenvalue weighted by molar-refractivity contribution is 9.10. The zero-order valence-electron chi connectivity index (χ0n) is 9.65. The maximum Gasteiger partial charge on any atom is 0.227 e. The molecule has 4 heteroatoms. The summed E-state index contributed by atoms with van der Waals surface area (Å²) in [5.74, 6) is 1.06. The molecule has 3 nitrogen and oxygen atoms in total. The first-order valence-corrected chi connectivity index (χ1v) is 6.21. The SMILES string of the molecule is C=CC1CC(=O)N(c2cc(Br)ccc2OC)C1. The highest BCUT2D eigenvalue weighted by Crippen LogP contribution is 2.35. The summed E-state index contributed by atoms with van der Waals surface area (Å²) < 4.78 is 6.22. The van der Waals surface area contributed by atoms with Crippen LogP contribution in [0.25, 0.3) is 0 Å². The number of rotatable bonds is 3. The highest BCUT2D eigenvalue weighted by Gasteiger charge is 2.30. The van der Waals surface area contributed by atoms with Crippen molar-refractivity contribution in [2.75, 3.05) is 18.6 Å². The maximum absolute atomic E-state index is 11.9. The molecule has 1 amide bonds. The third-order valence-electron chi connectivity index (χ3n) is 2.92. The summed E-state index contributed by atoms with van der Waals surface area (Å²) in [5.41, 5.74) is 0.816. The minimum absolute atomic E-state index is 0.117. The second-order valence-electron chi connectivity index (χ2n) is 4.02. The van der Waals surface area contributed by atoms with Crippen molar-refractivity contribution in [3.63, 3.8) is 0 Å². The molecule has 1 atom stereocenters. The number of methoxy groups -OCH3 is 1. The molecule has 1 aromatic carbocycles. The van der Waals surface area contributed by atoms with Gasteiger partial charge in [-0.1, -0.05) is 22.0 Å². The fourth-order valence-corrected chi connectivity index (χ4v) is 2.35. The quantitative estimate of drug-likeness (QED) is 0.803. The predicted octanol–water partition coefficient (Wildman–Crippen LogP) is 3.00. The van der Waals surface area contributed by atoms with Crippen molar-refractivity contribution in [2.45, 2.75) is 6.42 Å². The van der Waals surface area contributed by atoms with E-state index < -0.39 is 0 Å². The molecule has 1 heterocycles. The molecule has 1 saturated heterocycles. The van der Waals surface area contributed by atoms with Gasteiger partial charge in [0.1, 0.15) is 5.75 Å². The van der Waals surface area contributed by atoms with Crippen molar-refractivity contribution in [1.29, 1.82) is 0 Å². The molecule has 1 unspecified atom stereocenters. The van der Waals surface area contributed by atoms with Gasteiger partial charge in [-0.3, -0.25) is 4.79 Å². The van der Waals surface area contributed by atoms with Gasteiger partial charge in [-0.25, -0.2) is 0 Å². The van der Waals surface area contributed by atoms with E-state index in [0.717, 1.165) is 10.2 Å². The zero-order chi connectivity index (χ0) is 12.4. The molecule has 1 fully saturated rings. The van der Waals surface area contributed by atoms with Crippen LogP contribution in [0.5, 0.6) is 5.75 Å². The Hall–Kier alpha value is -1.29. The second kappa shape index (κ2) is 4.92. The Balaban J connectivity index is 2.36. The van der Waals surface area contributed by atoms with Crippen LogP contribution in [0.4, 0.5) is 5.69 Å². The smallest absolute Gasteiger partial charge is 0.227 e. The number of carbonyl (C=O) groups is 1. The molecule has 1 aliphatic rings. The summed E-state index contributed by atoms with van der Waals surface area (Å²) in [6, 6.07) is 5.66. The van der Waals surface area contributed by atoms with Gasteiger partial charge in [0, 0.05) is 23.4 Å². The van der Waals surface area contributed by atoms with E-state index in [1.807, 2.05) is 24.3 Å². The summed E-state index contributed by atoms with van der Waals surface area (Å²) in [5, 5.41) is 0. The van der Waals surface area contributed by atoms with E-state index in [9.17, 15) is 4.79 Å². The average molecular weight is 296 g/mol. The highest BCUT2D eigenvalue weighted by atomic mass is 79.9. The van der Waals surface area contributed by atoms with Crippen LogP contribution in [0.2, 0.25) is 0 Å². The molecule has 0 aromatic heterocycles. The number of anilines is 1. The van der Waals surface area contributed by atoms with Crippen LogP contribution >= 0.6 is 15.9 Å². The zero-order valence-corrected chi connectivity index (χ0v) is 11.2. The van der Waals surface area contributed by atoms with Crippen molar-refractivity contribution in [3.8, 4) is 5.75 Å². The molecule has 17 heavy (non-hydrogen) atoms. The van der Waals surface area contributed by atoms with Gasteiger partial charge < -0.3 is 9.64 Å². The van der Waals surface area contributed by atoms with Crippen LogP contribution in [0, 0.1) is 5.92 Å². The van der Waals surface area contributed by atoms with Crippen LogP contribution in [0.3, 0.4) is 0 Å². The van der Waals surface area contributed by atoms with E-state index in [4.69, 9.17) is 4.74 Å². The van der Waals surface area contributed by atoms with Gasteiger partial charge in [-0.05, 0) is 18.2 Å². The number of amides is 1. The number of halogens is 1. The van der Waals surface area contributed by atoms with Crippen molar-refractivity contribution >= 4 is 27.5 Å². The monoisotopic (exact) mass is 295 g/mol. The van der Waals surface area contributed by atoms with Crippen LogP contribution < -0.4 is 9.64 Å². The first kappa shape index (κ1) is 12.2. The lowest BCUT2D eigenvalue weighted by Gasteiger charge is -2.19. The summed E-state index contributed by atoms with van der Waals surface area (Å²) in [6.07, 6.45) is 2.36. The lowest BCUT2D eigenvalue weighted by molar-refractivity contribution is -0.117. The van der Waals surface area contributed by atoms with Crippen molar-refractivity contribution < 1.29 is 9.53 Å². The normalized spacial score (nSPS) is 19.5. The Labute approximate surface area is 109 Å². The van der Waals surface area contributed by atoms with Crippen LogP contribution in [-0.4, -0.2) is 19.6 Å². The fourth-order valence-electron chi connectivity index (χ4n) is 2.00. The fraction of sp³-hybridized carbons (Fsp3) is 0.308. The third kappa shape index (κ3) is 2.36. The largest absolute Gasteiger partial charge is 0.495 e. The minimum Gasteiger partial charge on any atom is -0.495 e. The van der Waals surface area contributed by atoms with Crippen molar-refractivity contribution in [2.24, 2.45) is 5.92 Å². The molecule has 90 valence electrons. The van der Waals surface area contributed by atoms with E-state index in [1.54, 1.807) is 12.0 Å². The topological polar surface area (TPSA) is 29.5 Å². The number of hydrogen-bond acceptors (Lipinski definition) is 2. The van der Waals surface area contributed by atoms with E-state index in [-0.39, 0.29) is 11.8 Å². The molecule has 0 aliphatic carbocycles. The first-order valence-electron chi connectivity index (χ1n) is 5.42. The Morgan fingerprint density at radius 2 is 2.35 bits per heavy atom. The van der Waals surface area contributed by atoms with Crippen LogP contribution in [-0.2, 0) is 4.79 Å². The predicted molar refractivity (Wildman–Crippen MR) is 71.4 cm³/mol. The minimum atomic E-state index is 0.117. The number of benzene rings is 1. The van der Waals surface area contributed by atoms with Crippen molar-refractivity contribution in [1.82, 2.24) is 0 Å². The third-order valence-corrected chi connectivity index (χ3v) is 3.41. The van der Waals surface area contributed by atoms with Gasteiger partial charge >= 0.3 is 0 Å². The molecule has 0 N–H and O–H groups in total. The first-order chi connectivity index (χ1) is 8.15. The lowest BCUT2D eigenvalue weighted by Crippen LogP contribution is -2.24. The molecular weight excluding hydrogens is 282 g/mol. The number of nitrogens with zero attached hydrogens (tertiary/aromatic N) is 1. The Morgan fingerprint density at radius 1 is 1.59 bits per heavy atom. The number of carbonyl (C=O) groups excluding carboxylic acids is 1. The standard InChI is InChI=1S/C13H14BrNO2/c1-3-9-6-13(16)15(8-9)11-7-10(14)4-5-12(11)17-2/h3-5,7,9H,1,6,8H2,2H3. The molecule has 0 saturated carbocycles. The Kier molecular flexibility index (Phi) is 3.52. The molecule has 0 bridgehead atoms. The molecule has 0 radical (unpaired) electrons. The van der Waals surface area contributed by atoms with Gasteiger partial charge in [0.05, 0.1) is 12.8 Å². The molecular formula is C13H14BrNO2. The maximum atomic E-state index is 11.9. The molecule has 2 rings (SSSR count). The molecule has 1 aromatic rings. The Morgan fingerprint density at radius 3 is 2.94 bits per heavy atom. The summed E-state index contributed by atoms with van der Waals surface area (Å²) >= 11 is 3.41. The van der Waals surface area contributed by atoms with Gasteiger partial charge in [0.25, 0.3) is 0 Å².